The summed E-state index contributed by atoms with van der Waals surface area (Å²) in [5.41, 5.74) is 0. The third-order valence-electron chi connectivity index (χ3n) is 2.58. The average Bonchev–Trinajstić information content (AvgIpc) is 2.29. The van der Waals surface area contributed by atoms with E-state index in [1.165, 1.54) is 18.2 Å². The molecule has 0 spiro atoms. The van der Waals surface area contributed by atoms with E-state index < -0.39 is 24.6 Å². The zero-order valence-corrected chi connectivity index (χ0v) is 10.2. The molecule has 1 aliphatic heterocycles. The first-order valence-corrected chi connectivity index (χ1v) is 5.77. The van der Waals surface area contributed by atoms with Crippen LogP contribution in [0.3, 0.4) is 0 Å². The lowest BCUT2D eigenvalue weighted by Crippen LogP contribution is -2.54. The molecular formula is C11H14O6S. The topological polar surface area (TPSA) is 99.4 Å². The molecule has 0 saturated carbocycles. The Morgan fingerprint density at radius 2 is 1.89 bits per heavy atom. The summed E-state index contributed by atoms with van der Waals surface area (Å²) >= 11 is 4.06. The number of hydrogen-bond donors (Lipinski definition) is 5. The number of aromatic hydroxyl groups is 1. The fourth-order valence-corrected chi connectivity index (χ4v) is 1.91. The fraction of sp³-hybridized carbons (Fsp3) is 0.455. The highest BCUT2D eigenvalue weighted by Gasteiger charge is 2.39. The number of thiol groups is 1. The third kappa shape index (κ3) is 2.88. The van der Waals surface area contributed by atoms with Crippen LogP contribution < -0.4 is 4.74 Å². The number of aliphatic hydroxyl groups excluding tert-OH is 3. The highest BCUT2D eigenvalue weighted by Crippen LogP contribution is 2.26. The van der Waals surface area contributed by atoms with Gasteiger partial charge in [-0.25, -0.2) is 0 Å². The number of phenolic OH excluding ortho intramolecular Hbond substituents is 1. The van der Waals surface area contributed by atoms with Gasteiger partial charge in [-0.1, -0.05) is 0 Å². The lowest BCUT2D eigenvalue weighted by molar-refractivity contribution is -0.242. The minimum absolute atomic E-state index is 0.0385. The average molecular weight is 274 g/mol. The van der Waals surface area contributed by atoms with Crippen LogP contribution in [0.2, 0.25) is 0 Å². The molecule has 0 aliphatic carbocycles. The summed E-state index contributed by atoms with van der Waals surface area (Å²) in [7, 11) is 0. The highest BCUT2D eigenvalue weighted by atomic mass is 32.1. The molecule has 0 amide bonds. The van der Waals surface area contributed by atoms with Gasteiger partial charge in [0, 0.05) is 11.0 Å². The van der Waals surface area contributed by atoms with Gasteiger partial charge >= 0.3 is 0 Å². The van der Waals surface area contributed by atoms with Gasteiger partial charge in [0.1, 0.15) is 29.8 Å². The molecule has 4 N–H and O–H groups in total. The maximum Gasteiger partial charge on any atom is 0.228 e. The summed E-state index contributed by atoms with van der Waals surface area (Å²) in [6.45, 7) is -0.143. The summed E-state index contributed by atoms with van der Waals surface area (Å²) in [6.07, 6.45) is -4.97. The lowest BCUT2D eigenvalue weighted by atomic mass is 10.1. The van der Waals surface area contributed by atoms with Crippen LogP contribution in [-0.4, -0.2) is 51.6 Å². The van der Waals surface area contributed by atoms with Crippen molar-refractivity contribution < 1.29 is 29.9 Å². The molecule has 7 heteroatoms. The van der Waals surface area contributed by atoms with E-state index in [4.69, 9.17) is 9.47 Å². The van der Waals surface area contributed by atoms with Crippen molar-refractivity contribution in [1.29, 1.82) is 0 Å². The second-order valence-electron chi connectivity index (χ2n) is 4.05. The predicted octanol–water partition coefficient (Wildman–Crippen LogP) is -0.501. The first-order chi connectivity index (χ1) is 8.47. The van der Waals surface area contributed by atoms with Gasteiger partial charge in [0.05, 0.1) is 6.61 Å². The molecule has 0 radical (unpaired) electrons. The van der Waals surface area contributed by atoms with E-state index in [-0.39, 0.29) is 18.1 Å². The minimum atomic E-state index is -1.38. The van der Waals surface area contributed by atoms with Crippen LogP contribution in [0.25, 0.3) is 0 Å². The van der Waals surface area contributed by atoms with Gasteiger partial charge in [0.15, 0.2) is 0 Å². The van der Waals surface area contributed by atoms with Crippen molar-refractivity contribution in [3.63, 3.8) is 0 Å². The van der Waals surface area contributed by atoms with Gasteiger partial charge in [0.25, 0.3) is 0 Å². The molecule has 0 aromatic heterocycles. The molecule has 1 aromatic rings. The number of aliphatic hydroxyl groups is 3. The lowest BCUT2D eigenvalue weighted by Gasteiger charge is -2.34. The van der Waals surface area contributed by atoms with Crippen LogP contribution in [0.5, 0.6) is 11.5 Å². The Labute approximate surface area is 109 Å². The van der Waals surface area contributed by atoms with Crippen LogP contribution in [0.1, 0.15) is 0 Å². The second kappa shape index (κ2) is 5.33. The molecule has 4 atom stereocenters. The zero-order chi connectivity index (χ0) is 13.3. The molecule has 1 aliphatic rings. The van der Waals surface area contributed by atoms with Gasteiger partial charge < -0.3 is 29.9 Å². The number of benzene rings is 1. The summed E-state index contributed by atoms with van der Waals surface area (Å²) < 4.78 is 10.4. The maximum absolute atomic E-state index is 9.67. The zero-order valence-electron chi connectivity index (χ0n) is 9.30. The van der Waals surface area contributed by atoms with E-state index in [1.807, 2.05) is 0 Å². The summed E-state index contributed by atoms with van der Waals surface area (Å²) in [5.74, 6) is 0.205. The number of phenols is 1. The molecule has 2 rings (SSSR count). The molecular weight excluding hydrogens is 260 g/mol. The third-order valence-corrected chi connectivity index (χ3v) is 2.84. The summed E-state index contributed by atoms with van der Waals surface area (Å²) in [6, 6.07) is 4.27. The molecule has 100 valence electrons. The Balaban J connectivity index is 2.09. The highest BCUT2D eigenvalue weighted by molar-refractivity contribution is 7.80. The molecule has 1 fully saturated rings. The van der Waals surface area contributed by atoms with E-state index in [0.29, 0.717) is 4.90 Å². The fourth-order valence-electron chi connectivity index (χ4n) is 1.65. The second-order valence-corrected chi connectivity index (χ2v) is 4.57. The Morgan fingerprint density at radius 1 is 1.17 bits per heavy atom. The van der Waals surface area contributed by atoms with Gasteiger partial charge in [0.2, 0.25) is 6.29 Å². The Bertz CT molecular complexity index is 406. The van der Waals surface area contributed by atoms with Gasteiger partial charge in [-0.3, -0.25) is 0 Å². The van der Waals surface area contributed by atoms with E-state index in [2.05, 4.69) is 12.6 Å². The largest absolute Gasteiger partial charge is 0.508 e. The SMILES string of the molecule is Oc1cc(S)cc(OC2OCC(O)C(O)C2O)c1. The molecule has 18 heavy (non-hydrogen) atoms. The van der Waals surface area contributed by atoms with Gasteiger partial charge in [-0.05, 0) is 12.1 Å². The van der Waals surface area contributed by atoms with E-state index in [1.54, 1.807) is 0 Å². The van der Waals surface area contributed by atoms with Crippen molar-refractivity contribution in [2.75, 3.05) is 6.61 Å². The Kier molecular flexibility index (Phi) is 3.98. The van der Waals surface area contributed by atoms with Gasteiger partial charge in [-0.2, -0.15) is 0 Å². The molecule has 1 saturated heterocycles. The van der Waals surface area contributed by atoms with Crippen molar-refractivity contribution in [3.8, 4) is 11.5 Å². The minimum Gasteiger partial charge on any atom is -0.508 e. The van der Waals surface area contributed by atoms with Crippen molar-refractivity contribution in [2.45, 2.75) is 29.5 Å². The number of ether oxygens (including phenoxy) is 2. The Morgan fingerprint density at radius 3 is 2.56 bits per heavy atom. The molecule has 1 heterocycles. The quantitative estimate of drug-likeness (QED) is 0.466. The van der Waals surface area contributed by atoms with Crippen LogP contribution in [0.15, 0.2) is 23.1 Å². The smallest absolute Gasteiger partial charge is 0.228 e. The van der Waals surface area contributed by atoms with E-state index in [0.717, 1.165) is 0 Å². The van der Waals surface area contributed by atoms with Crippen LogP contribution in [-0.2, 0) is 4.74 Å². The first kappa shape index (κ1) is 13.4. The first-order valence-electron chi connectivity index (χ1n) is 5.33. The van der Waals surface area contributed by atoms with Crippen molar-refractivity contribution in [3.05, 3.63) is 18.2 Å². The van der Waals surface area contributed by atoms with Crippen LogP contribution in [0, 0.1) is 0 Å². The maximum atomic E-state index is 9.67. The van der Waals surface area contributed by atoms with Gasteiger partial charge in [-0.15, -0.1) is 12.6 Å². The molecule has 6 nitrogen and oxygen atoms in total. The van der Waals surface area contributed by atoms with Crippen molar-refractivity contribution in [1.82, 2.24) is 0 Å². The van der Waals surface area contributed by atoms with Crippen LogP contribution in [0.4, 0.5) is 0 Å². The number of hydrogen-bond acceptors (Lipinski definition) is 7. The van der Waals surface area contributed by atoms with Crippen molar-refractivity contribution >= 4 is 12.6 Å². The normalized spacial score (nSPS) is 32.2. The monoisotopic (exact) mass is 274 g/mol. The van der Waals surface area contributed by atoms with Crippen LogP contribution >= 0.6 is 12.6 Å². The molecule has 0 bridgehead atoms. The Hall–Kier alpha value is -0.990. The number of rotatable bonds is 2. The van der Waals surface area contributed by atoms with E-state index in [9.17, 15) is 20.4 Å². The molecule has 1 aromatic carbocycles. The van der Waals surface area contributed by atoms with E-state index >= 15 is 0 Å². The standard InChI is InChI=1S/C11H14O6S/c12-5-1-6(3-7(18)2-5)17-11-10(15)9(14)8(13)4-16-11/h1-3,8-15,18H,4H2. The van der Waals surface area contributed by atoms with Crippen molar-refractivity contribution in [2.24, 2.45) is 0 Å². The summed E-state index contributed by atoms with van der Waals surface area (Å²) in [4.78, 5) is 0.482. The predicted molar refractivity (Wildman–Crippen MR) is 63.7 cm³/mol. The molecule has 4 unspecified atom stereocenters. The summed E-state index contributed by atoms with van der Waals surface area (Å²) in [5, 5.41) is 37.8.